The average Bonchev–Trinajstić information content (AvgIpc) is 2.24. The molecule has 0 saturated carbocycles. The molecule has 0 fully saturated rings. The fraction of sp³-hybridized carbons (Fsp3) is 0.917. The third-order valence-corrected chi connectivity index (χ3v) is 2.64. The summed E-state index contributed by atoms with van der Waals surface area (Å²) in [5, 5.41) is 0. The van der Waals surface area contributed by atoms with Crippen LogP contribution in [0.1, 0.15) is 46.0 Å². The normalized spacial score (nSPS) is 11.9. The Labute approximate surface area is 107 Å². The standard InChI is InChI=1S/C12H23F3N2O/c1-10(2)17(9-12(13,14)15)11(18)7-5-3-4-6-8-16/h10H,3-9,16H2,1-2H3. The Bertz CT molecular complexity index is 242. The first kappa shape index (κ1) is 17.2. The third-order valence-electron chi connectivity index (χ3n) is 2.64. The zero-order chi connectivity index (χ0) is 14.2. The number of carbonyl (C=O) groups excluding carboxylic acids is 1. The highest BCUT2D eigenvalue weighted by molar-refractivity contribution is 5.76. The molecule has 1 amide bonds. The van der Waals surface area contributed by atoms with E-state index < -0.39 is 24.7 Å². The fourth-order valence-corrected chi connectivity index (χ4v) is 1.67. The van der Waals surface area contributed by atoms with Gasteiger partial charge in [0.05, 0.1) is 0 Å². The maximum absolute atomic E-state index is 12.3. The van der Waals surface area contributed by atoms with Crippen molar-refractivity contribution in [1.29, 1.82) is 0 Å². The molecule has 0 unspecified atom stereocenters. The molecule has 0 aliphatic carbocycles. The first-order chi connectivity index (χ1) is 8.28. The van der Waals surface area contributed by atoms with Crippen molar-refractivity contribution in [3.63, 3.8) is 0 Å². The van der Waals surface area contributed by atoms with Gasteiger partial charge in [0.2, 0.25) is 5.91 Å². The molecule has 0 radical (unpaired) electrons. The van der Waals surface area contributed by atoms with E-state index in [4.69, 9.17) is 5.73 Å². The number of hydrogen-bond acceptors (Lipinski definition) is 2. The number of hydrogen-bond donors (Lipinski definition) is 1. The highest BCUT2D eigenvalue weighted by atomic mass is 19.4. The SMILES string of the molecule is CC(C)N(CC(F)(F)F)C(=O)CCCCCCN. The van der Waals surface area contributed by atoms with Crippen LogP contribution in [0.2, 0.25) is 0 Å². The van der Waals surface area contributed by atoms with Crippen LogP contribution in [0.4, 0.5) is 13.2 Å². The summed E-state index contributed by atoms with van der Waals surface area (Å²) in [5.74, 6) is -0.421. The molecular formula is C12H23F3N2O. The highest BCUT2D eigenvalue weighted by Gasteiger charge is 2.33. The lowest BCUT2D eigenvalue weighted by molar-refractivity contribution is -0.164. The largest absolute Gasteiger partial charge is 0.406 e. The molecular weight excluding hydrogens is 245 g/mol. The van der Waals surface area contributed by atoms with Crippen molar-refractivity contribution in [2.24, 2.45) is 5.73 Å². The molecule has 0 atom stereocenters. The molecule has 0 aromatic carbocycles. The number of rotatable bonds is 8. The minimum atomic E-state index is -4.33. The van der Waals surface area contributed by atoms with E-state index in [1.165, 1.54) is 0 Å². The lowest BCUT2D eigenvalue weighted by Crippen LogP contribution is -2.43. The van der Waals surface area contributed by atoms with Crippen LogP contribution in [0.25, 0.3) is 0 Å². The zero-order valence-corrected chi connectivity index (χ0v) is 11.1. The molecule has 3 nitrogen and oxygen atoms in total. The predicted molar refractivity (Wildman–Crippen MR) is 65.0 cm³/mol. The topological polar surface area (TPSA) is 46.3 Å². The second-order valence-corrected chi connectivity index (χ2v) is 4.68. The van der Waals surface area contributed by atoms with Gasteiger partial charge < -0.3 is 10.6 Å². The van der Waals surface area contributed by atoms with Crippen LogP contribution in [0.15, 0.2) is 0 Å². The summed E-state index contributed by atoms with van der Waals surface area (Å²) in [7, 11) is 0. The number of amides is 1. The monoisotopic (exact) mass is 268 g/mol. The first-order valence-electron chi connectivity index (χ1n) is 6.34. The van der Waals surface area contributed by atoms with E-state index in [9.17, 15) is 18.0 Å². The number of unbranched alkanes of at least 4 members (excludes halogenated alkanes) is 3. The van der Waals surface area contributed by atoms with Gasteiger partial charge >= 0.3 is 6.18 Å². The smallest absolute Gasteiger partial charge is 0.331 e. The van der Waals surface area contributed by atoms with Crippen molar-refractivity contribution >= 4 is 5.91 Å². The van der Waals surface area contributed by atoms with Crippen LogP contribution < -0.4 is 5.73 Å². The van der Waals surface area contributed by atoms with Crippen molar-refractivity contribution in [2.45, 2.75) is 58.2 Å². The number of carbonyl (C=O) groups is 1. The molecule has 2 N–H and O–H groups in total. The first-order valence-corrected chi connectivity index (χ1v) is 6.34. The van der Waals surface area contributed by atoms with Crippen LogP contribution in [0, 0.1) is 0 Å². The molecule has 108 valence electrons. The van der Waals surface area contributed by atoms with Crippen LogP contribution in [0.3, 0.4) is 0 Å². The third kappa shape index (κ3) is 8.33. The molecule has 0 rings (SSSR count). The fourth-order valence-electron chi connectivity index (χ4n) is 1.67. The summed E-state index contributed by atoms with van der Waals surface area (Å²) < 4.78 is 36.9. The summed E-state index contributed by atoms with van der Waals surface area (Å²) >= 11 is 0. The maximum atomic E-state index is 12.3. The van der Waals surface area contributed by atoms with E-state index in [1.54, 1.807) is 13.8 Å². The number of alkyl halides is 3. The van der Waals surface area contributed by atoms with Gasteiger partial charge in [0.15, 0.2) is 0 Å². The van der Waals surface area contributed by atoms with E-state index in [0.29, 0.717) is 13.0 Å². The summed E-state index contributed by atoms with van der Waals surface area (Å²) in [4.78, 5) is 12.6. The summed E-state index contributed by atoms with van der Waals surface area (Å²) in [6.45, 7) is 2.64. The van der Waals surface area contributed by atoms with Crippen molar-refractivity contribution < 1.29 is 18.0 Å². The zero-order valence-electron chi connectivity index (χ0n) is 11.1. The Hall–Kier alpha value is -0.780. The Morgan fingerprint density at radius 1 is 1.17 bits per heavy atom. The van der Waals surface area contributed by atoms with Gasteiger partial charge in [-0.25, -0.2) is 0 Å². The number of nitrogens with zero attached hydrogens (tertiary/aromatic N) is 1. The predicted octanol–water partition coefficient (Wildman–Crippen LogP) is 2.69. The van der Waals surface area contributed by atoms with Crippen LogP contribution in [-0.4, -0.2) is 36.1 Å². The number of nitrogens with two attached hydrogens (primary N) is 1. The Kier molecular flexibility index (Phi) is 7.98. The second-order valence-electron chi connectivity index (χ2n) is 4.68. The Morgan fingerprint density at radius 2 is 1.72 bits per heavy atom. The molecule has 18 heavy (non-hydrogen) atoms. The van der Waals surface area contributed by atoms with E-state index in [-0.39, 0.29) is 6.42 Å². The molecule has 0 aromatic rings. The lowest BCUT2D eigenvalue weighted by Gasteiger charge is -2.27. The molecule has 0 spiro atoms. The quantitative estimate of drug-likeness (QED) is 0.688. The van der Waals surface area contributed by atoms with Crippen molar-refractivity contribution in [3.8, 4) is 0 Å². The molecule has 6 heteroatoms. The van der Waals surface area contributed by atoms with Crippen LogP contribution >= 0.6 is 0 Å². The lowest BCUT2D eigenvalue weighted by atomic mass is 10.1. The van der Waals surface area contributed by atoms with Gasteiger partial charge in [0.1, 0.15) is 6.54 Å². The summed E-state index contributed by atoms with van der Waals surface area (Å²) in [6, 6.07) is -0.428. The molecule has 0 saturated heterocycles. The van der Waals surface area contributed by atoms with Gasteiger partial charge in [-0.2, -0.15) is 13.2 Å². The van der Waals surface area contributed by atoms with E-state index in [1.807, 2.05) is 0 Å². The summed E-state index contributed by atoms with van der Waals surface area (Å²) in [6.07, 6.45) is -0.880. The van der Waals surface area contributed by atoms with E-state index in [2.05, 4.69) is 0 Å². The molecule has 0 heterocycles. The van der Waals surface area contributed by atoms with Crippen LogP contribution in [0.5, 0.6) is 0 Å². The molecule has 0 aliphatic rings. The number of halogens is 3. The van der Waals surface area contributed by atoms with Gasteiger partial charge in [-0.3, -0.25) is 4.79 Å². The molecule has 0 bridgehead atoms. The summed E-state index contributed by atoms with van der Waals surface area (Å²) in [5.41, 5.74) is 5.33. The second kappa shape index (κ2) is 8.34. The Morgan fingerprint density at radius 3 is 2.17 bits per heavy atom. The van der Waals surface area contributed by atoms with Crippen molar-refractivity contribution in [3.05, 3.63) is 0 Å². The van der Waals surface area contributed by atoms with Gasteiger partial charge in [-0.05, 0) is 33.2 Å². The van der Waals surface area contributed by atoms with Gasteiger partial charge in [0.25, 0.3) is 0 Å². The minimum Gasteiger partial charge on any atom is -0.331 e. The minimum absolute atomic E-state index is 0.179. The van der Waals surface area contributed by atoms with Gasteiger partial charge in [-0.1, -0.05) is 12.8 Å². The van der Waals surface area contributed by atoms with E-state index in [0.717, 1.165) is 24.2 Å². The average molecular weight is 268 g/mol. The van der Waals surface area contributed by atoms with Gasteiger partial charge in [0, 0.05) is 12.5 Å². The molecule has 0 aliphatic heterocycles. The van der Waals surface area contributed by atoms with Crippen molar-refractivity contribution in [1.82, 2.24) is 4.90 Å². The van der Waals surface area contributed by atoms with Gasteiger partial charge in [-0.15, -0.1) is 0 Å². The maximum Gasteiger partial charge on any atom is 0.406 e. The molecule has 0 aromatic heterocycles. The van der Waals surface area contributed by atoms with Crippen LogP contribution in [-0.2, 0) is 4.79 Å². The van der Waals surface area contributed by atoms with E-state index >= 15 is 0 Å². The Balaban J connectivity index is 4.08. The van der Waals surface area contributed by atoms with Crippen molar-refractivity contribution in [2.75, 3.05) is 13.1 Å². The highest BCUT2D eigenvalue weighted by Crippen LogP contribution is 2.19.